The van der Waals surface area contributed by atoms with Crippen molar-refractivity contribution in [3.63, 3.8) is 0 Å². The molecule has 0 aliphatic rings. The molecule has 3 aromatic rings. The summed E-state index contributed by atoms with van der Waals surface area (Å²) in [5.41, 5.74) is 8.57. The maximum absolute atomic E-state index is 12.6. The van der Waals surface area contributed by atoms with Crippen LogP contribution in [0.3, 0.4) is 0 Å². The summed E-state index contributed by atoms with van der Waals surface area (Å²) in [7, 11) is 0. The van der Waals surface area contributed by atoms with Gasteiger partial charge in [-0.05, 0) is 49.6 Å². The van der Waals surface area contributed by atoms with Gasteiger partial charge in [0.1, 0.15) is 18.1 Å². The highest BCUT2D eigenvalue weighted by Gasteiger charge is 2.16. The lowest BCUT2D eigenvalue weighted by Gasteiger charge is -2.20. The molecular weight excluding hydrogens is 510 g/mol. The van der Waals surface area contributed by atoms with E-state index in [1.54, 1.807) is 12.1 Å². The monoisotopic (exact) mass is 556 g/mol. The summed E-state index contributed by atoms with van der Waals surface area (Å²) in [6.07, 6.45) is 7.38. The second kappa shape index (κ2) is 16.2. The Morgan fingerprint density at radius 3 is 2.30 bits per heavy atom. The van der Waals surface area contributed by atoms with E-state index in [4.69, 9.17) is 20.2 Å². The average Bonchev–Trinajstić information content (AvgIpc) is 2.92. The van der Waals surface area contributed by atoms with E-state index in [0.717, 1.165) is 40.4 Å². The van der Waals surface area contributed by atoms with Gasteiger partial charge in [-0.25, -0.2) is 13.8 Å². The molecule has 6 nitrogen and oxygen atoms in total. The van der Waals surface area contributed by atoms with Gasteiger partial charge >= 0.3 is 0 Å². The number of rotatable bonds is 17. The molecule has 0 spiro atoms. The number of benzene rings is 2. The number of unbranched alkanes of at least 4 members (excludes halogenated alkanes) is 7. The Bertz CT molecular complexity index is 1230. The molecule has 0 radical (unpaired) electrons. The molecule has 8 heteroatoms. The molecule has 0 amide bonds. The fourth-order valence-electron chi connectivity index (χ4n) is 4.61. The van der Waals surface area contributed by atoms with E-state index in [9.17, 15) is 8.78 Å². The van der Waals surface area contributed by atoms with E-state index in [0.29, 0.717) is 36.3 Å². The summed E-state index contributed by atoms with van der Waals surface area (Å²) in [5.74, 6) is 1.97. The van der Waals surface area contributed by atoms with Crippen LogP contribution >= 0.6 is 0 Å². The molecule has 3 rings (SSSR count). The molecule has 0 saturated carbocycles. The summed E-state index contributed by atoms with van der Waals surface area (Å²) in [4.78, 5) is 9.27. The Balaban J connectivity index is 1.80. The van der Waals surface area contributed by atoms with Crippen molar-refractivity contribution >= 4 is 27.8 Å². The van der Waals surface area contributed by atoms with Crippen molar-refractivity contribution in [1.82, 2.24) is 10.3 Å². The van der Waals surface area contributed by atoms with Crippen molar-refractivity contribution in [2.45, 2.75) is 91.5 Å². The van der Waals surface area contributed by atoms with E-state index < -0.39 is 13.0 Å². The van der Waals surface area contributed by atoms with Crippen LogP contribution < -0.4 is 20.5 Å². The van der Waals surface area contributed by atoms with Crippen molar-refractivity contribution in [2.24, 2.45) is 16.6 Å². The molecule has 1 unspecified atom stereocenters. The standard InChI is InChI=1S/C32H46F2N4O2/c1-5-6-7-8-9-10-11-12-15-39-30-17-25-16-24-13-14-26(40-21-31(33)34)18-28(24)38-29(25)19-27(30)23(4)37-32(35)36-20-22(2)3/h13-14,16-19,22-23,31H,5-12,15,20-21H2,1-4H3,(H3,35,36,37). The molecule has 3 N–H and O–H groups in total. The van der Waals surface area contributed by atoms with E-state index in [2.05, 4.69) is 31.1 Å². The fourth-order valence-corrected chi connectivity index (χ4v) is 4.61. The van der Waals surface area contributed by atoms with Crippen LogP contribution in [0.2, 0.25) is 0 Å². The van der Waals surface area contributed by atoms with Crippen molar-refractivity contribution in [2.75, 3.05) is 19.8 Å². The first-order valence-electron chi connectivity index (χ1n) is 14.8. The van der Waals surface area contributed by atoms with Crippen LogP contribution in [0.1, 0.15) is 90.7 Å². The first-order valence-corrected chi connectivity index (χ1v) is 14.8. The molecule has 0 fully saturated rings. The molecule has 1 heterocycles. The van der Waals surface area contributed by atoms with Gasteiger partial charge in [0.2, 0.25) is 0 Å². The number of ether oxygens (including phenoxy) is 2. The van der Waals surface area contributed by atoms with Crippen LogP contribution in [0.25, 0.3) is 21.8 Å². The van der Waals surface area contributed by atoms with E-state index in [-0.39, 0.29) is 6.04 Å². The first-order chi connectivity index (χ1) is 19.3. The first kappa shape index (κ1) is 31.4. The maximum atomic E-state index is 12.6. The highest BCUT2D eigenvalue weighted by Crippen LogP contribution is 2.32. The van der Waals surface area contributed by atoms with E-state index in [1.807, 2.05) is 31.2 Å². The van der Waals surface area contributed by atoms with Gasteiger partial charge in [-0.2, -0.15) is 0 Å². The number of alkyl halides is 2. The molecule has 2 aromatic carbocycles. The highest BCUT2D eigenvalue weighted by atomic mass is 19.3. The molecule has 1 atom stereocenters. The number of hydrogen-bond donors (Lipinski definition) is 2. The predicted octanol–water partition coefficient (Wildman–Crippen LogP) is 8.17. The minimum Gasteiger partial charge on any atom is -0.493 e. The van der Waals surface area contributed by atoms with Gasteiger partial charge in [-0.3, -0.25) is 4.99 Å². The lowest BCUT2D eigenvalue weighted by Crippen LogP contribution is -2.34. The maximum Gasteiger partial charge on any atom is 0.272 e. The number of nitrogens with two attached hydrogens (primary N) is 1. The lowest BCUT2D eigenvalue weighted by molar-refractivity contribution is 0.0819. The lowest BCUT2D eigenvalue weighted by atomic mass is 10.0. The molecule has 40 heavy (non-hydrogen) atoms. The van der Waals surface area contributed by atoms with Gasteiger partial charge < -0.3 is 20.5 Å². The summed E-state index contributed by atoms with van der Waals surface area (Å²) < 4.78 is 36.8. The van der Waals surface area contributed by atoms with Crippen LogP contribution in [0.4, 0.5) is 8.78 Å². The van der Waals surface area contributed by atoms with Gasteiger partial charge in [-0.1, -0.05) is 65.7 Å². The SMILES string of the molecule is CCCCCCCCCCOc1cc2cc3ccc(OCC(F)F)cc3nc2cc1C(C)NC(N)=NCC(C)C. The van der Waals surface area contributed by atoms with Crippen LogP contribution in [-0.4, -0.2) is 37.1 Å². The van der Waals surface area contributed by atoms with Crippen molar-refractivity contribution in [1.29, 1.82) is 0 Å². The minimum atomic E-state index is -2.53. The second-order valence-corrected chi connectivity index (χ2v) is 10.9. The zero-order valence-corrected chi connectivity index (χ0v) is 24.5. The number of aromatic nitrogens is 1. The van der Waals surface area contributed by atoms with Gasteiger partial charge in [0.05, 0.1) is 23.7 Å². The number of hydrogen-bond acceptors (Lipinski definition) is 4. The quantitative estimate of drug-likeness (QED) is 0.0758. The average molecular weight is 557 g/mol. The van der Waals surface area contributed by atoms with E-state index >= 15 is 0 Å². The van der Waals surface area contributed by atoms with Crippen molar-refractivity contribution < 1.29 is 18.3 Å². The summed E-state index contributed by atoms with van der Waals surface area (Å²) in [5, 5.41) is 5.13. The molecule has 1 aromatic heterocycles. The summed E-state index contributed by atoms with van der Waals surface area (Å²) >= 11 is 0. The number of pyridine rings is 1. The van der Waals surface area contributed by atoms with Crippen LogP contribution in [0.5, 0.6) is 11.5 Å². The predicted molar refractivity (Wildman–Crippen MR) is 162 cm³/mol. The second-order valence-electron chi connectivity index (χ2n) is 10.9. The number of aliphatic imine (C=N–C) groups is 1. The third-order valence-corrected chi connectivity index (χ3v) is 6.80. The normalized spacial score (nSPS) is 12.9. The van der Waals surface area contributed by atoms with Crippen molar-refractivity contribution in [3.05, 3.63) is 42.0 Å². The third kappa shape index (κ3) is 10.1. The third-order valence-electron chi connectivity index (χ3n) is 6.80. The number of nitrogens with one attached hydrogen (secondary N) is 1. The molecule has 0 bridgehead atoms. The Labute approximate surface area is 237 Å². The Hall–Kier alpha value is -3.16. The number of nitrogens with zero attached hydrogens (tertiary/aromatic N) is 2. The number of guanidine groups is 1. The highest BCUT2D eigenvalue weighted by molar-refractivity contribution is 5.94. The van der Waals surface area contributed by atoms with Gasteiger partial charge in [-0.15, -0.1) is 0 Å². The number of halogens is 2. The van der Waals surface area contributed by atoms with Gasteiger partial charge in [0.25, 0.3) is 6.43 Å². The molecule has 0 aliphatic carbocycles. The van der Waals surface area contributed by atoms with Crippen LogP contribution in [0, 0.1) is 5.92 Å². The Morgan fingerprint density at radius 1 is 0.900 bits per heavy atom. The smallest absolute Gasteiger partial charge is 0.272 e. The Kier molecular flexibility index (Phi) is 12.7. The van der Waals surface area contributed by atoms with Gasteiger partial charge in [0, 0.05) is 28.9 Å². The zero-order chi connectivity index (χ0) is 28.9. The van der Waals surface area contributed by atoms with Crippen molar-refractivity contribution in [3.8, 4) is 11.5 Å². The van der Waals surface area contributed by atoms with E-state index in [1.165, 1.54) is 38.5 Å². The molecular formula is C32H46F2N4O2. The fraction of sp³-hybridized carbons (Fsp3) is 0.562. The molecule has 220 valence electrons. The topological polar surface area (TPSA) is 81.8 Å². The number of fused-ring (bicyclic) bond motifs is 2. The van der Waals surface area contributed by atoms with Crippen LogP contribution in [0.15, 0.2) is 41.4 Å². The summed E-state index contributed by atoms with van der Waals surface area (Å²) in [6, 6.07) is 11.2. The minimum absolute atomic E-state index is 0.160. The van der Waals surface area contributed by atoms with Crippen LogP contribution in [-0.2, 0) is 0 Å². The largest absolute Gasteiger partial charge is 0.493 e. The summed E-state index contributed by atoms with van der Waals surface area (Å²) in [6.45, 7) is 9.11. The molecule has 0 aliphatic heterocycles. The zero-order valence-electron chi connectivity index (χ0n) is 24.5. The Morgan fingerprint density at radius 2 is 1.60 bits per heavy atom. The van der Waals surface area contributed by atoms with Gasteiger partial charge in [0.15, 0.2) is 5.96 Å². The molecule has 0 saturated heterocycles.